The molecule has 0 aromatic heterocycles. The number of carboxylic acid groups (broad SMARTS) is 1. The number of aliphatic carboxylic acids is 1. The highest BCUT2D eigenvalue weighted by molar-refractivity contribution is 6.36. The summed E-state index contributed by atoms with van der Waals surface area (Å²) in [5.74, 6) is -0.954. The van der Waals surface area contributed by atoms with Crippen LogP contribution in [0, 0.1) is 0 Å². The quantitative estimate of drug-likeness (QED) is 0.928. The number of hydrazone groups is 1. The van der Waals surface area contributed by atoms with Crippen LogP contribution < -0.4 is 5.01 Å². The van der Waals surface area contributed by atoms with E-state index in [4.69, 9.17) is 0 Å². The molecule has 2 aromatic carbocycles. The average Bonchev–Trinajstić information content (AvgIpc) is 2.94. The molecule has 0 saturated heterocycles. The lowest BCUT2D eigenvalue weighted by atomic mass is 10.0. The van der Waals surface area contributed by atoms with E-state index >= 15 is 0 Å². The Morgan fingerprint density at radius 2 is 1.65 bits per heavy atom. The van der Waals surface area contributed by atoms with Gasteiger partial charge in [-0.15, -0.1) is 0 Å². The number of anilines is 1. The second-order valence-electron chi connectivity index (χ2n) is 4.66. The van der Waals surface area contributed by atoms with Crippen molar-refractivity contribution in [1.82, 2.24) is 0 Å². The van der Waals surface area contributed by atoms with E-state index in [9.17, 15) is 9.90 Å². The Hall–Kier alpha value is -2.62. The normalized spacial score (nSPS) is 17.9. The van der Waals surface area contributed by atoms with Gasteiger partial charge in [0.15, 0.2) is 0 Å². The molecule has 0 radical (unpaired) electrons. The molecule has 4 heteroatoms. The highest BCUT2D eigenvalue weighted by atomic mass is 16.4. The van der Waals surface area contributed by atoms with E-state index in [0.717, 1.165) is 11.3 Å². The lowest BCUT2D eigenvalue weighted by molar-refractivity contribution is -0.129. The lowest BCUT2D eigenvalue weighted by Gasteiger charge is -2.23. The number of hydrogen-bond donors (Lipinski definition) is 1. The van der Waals surface area contributed by atoms with Gasteiger partial charge in [0, 0.05) is 6.42 Å². The van der Waals surface area contributed by atoms with E-state index in [-0.39, 0.29) is 11.8 Å². The number of benzene rings is 2. The Labute approximate surface area is 117 Å². The van der Waals surface area contributed by atoms with Crippen molar-refractivity contribution in [1.29, 1.82) is 0 Å². The highest BCUT2D eigenvalue weighted by Crippen LogP contribution is 2.34. The lowest BCUT2D eigenvalue weighted by Crippen LogP contribution is -2.18. The summed E-state index contributed by atoms with van der Waals surface area (Å²) in [5, 5.41) is 15.2. The van der Waals surface area contributed by atoms with E-state index in [1.54, 1.807) is 5.01 Å². The highest BCUT2D eigenvalue weighted by Gasteiger charge is 2.31. The van der Waals surface area contributed by atoms with Crippen molar-refractivity contribution in [2.45, 2.75) is 12.5 Å². The third-order valence-electron chi connectivity index (χ3n) is 3.36. The minimum atomic E-state index is -0.954. The zero-order valence-corrected chi connectivity index (χ0v) is 10.8. The summed E-state index contributed by atoms with van der Waals surface area (Å²) in [7, 11) is 0. The number of nitrogens with zero attached hydrogens (tertiary/aromatic N) is 2. The second-order valence-corrected chi connectivity index (χ2v) is 4.66. The van der Waals surface area contributed by atoms with Crippen LogP contribution in [-0.4, -0.2) is 16.8 Å². The van der Waals surface area contributed by atoms with E-state index in [1.165, 1.54) is 0 Å². The van der Waals surface area contributed by atoms with Crippen LogP contribution in [0.5, 0.6) is 0 Å². The molecule has 1 aliphatic rings. The van der Waals surface area contributed by atoms with E-state index in [2.05, 4.69) is 5.10 Å². The Kier molecular flexibility index (Phi) is 3.21. The number of para-hydroxylation sites is 1. The van der Waals surface area contributed by atoms with Crippen LogP contribution in [0.25, 0.3) is 0 Å². The van der Waals surface area contributed by atoms with Crippen molar-refractivity contribution in [2.24, 2.45) is 5.10 Å². The third kappa shape index (κ3) is 2.28. The molecule has 1 atom stereocenters. The minimum absolute atomic E-state index is 0.0651. The standard InChI is InChI=1S/C16H14N2O2/c19-16(20)14-11-15(12-7-3-1-4-8-12)18(17-14)13-9-5-2-6-10-13/h1-10,15H,11H2,(H,19,20). The molecule has 100 valence electrons. The fraction of sp³-hybridized carbons (Fsp3) is 0.125. The first-order chi connectivity index (χ1) is 9.75. The van der Waals surface area contributed by atoms with Crippen LogP contribution >= 0.6 is 0 Å². The van der Waals surface area contributed by atoms with Gasteiger partial charge < -0.3 is 5.11 Å². The molecule has 0 bridgehead atoms. The molecule has 20 heavy (non-hydrogen) atoms. The van der Waals surface area contributed by atoms with Gasteiger partial charge >= 0.3 is 5.97 Å². The number of carbonyl (C=O) groups is 1. The molecule has 3 rings (SSSR count). The van der Waals surface area contributed by atoms with Gasteiger partial charge in [-0.3, -0.25) is 5.01 Å². The smallest absolute Gasteiger partial charge is 0.352 e. The second kappa shape index (κ2) is 5.17. The predicted molar refractivity (Wildman–Crippen MR) is 77.8 cm³/mol. The zero-order valence-electron chi connectivity index (χ0n) is 10.8. The van der Waals surface area contributed by atoms with E-state index < -0.39 is 5.97 Å². The molecule has 1 N–H and O–H groups in total. The minimum Gasteiger partial charge on any atom is -0.477 e. The summed E-state index contributed by atoms with van der Waals surface area (Å²) < 4.78 is 0. The predicted octanol–water partition coefficient (Wildman–Crippen LogP) is 3.08. The largest absolute Gasteiger partial charge is 0.477 e. The fourth-order valence-corrected chi connectivity index (χ4v) is 2.39. The molecule has 0 aliphatic carbocycles. The summed E-state index contributed by atoms with van der Waals surface area (Å²) in [6, 6.07) is 19.4. The van der Waals surface area contributed by atoms with Crippen LogP contribution in [0.15, 0.2) is 65.8 Å². The van der Waals surface area contributed by atoms with Crippen molar-refractivity contribution in [2.75, 3.05) is 5.01 Å². The van der Waals surface area contributed by atoms with E-state index in [0.29, 0.717) is 6.42 Å². The Morgan fingerprint density at radius 3 is 2.25 bits per heavy atom. The molecule has 0 fully saturated rings. The summed E-state index contributed by atoms with van der Waals surface area (Å²) in [6.45, 7) is 0. The molecule has 1 unspecified atom stereocenters. The van der Waals surface area contributed by atoms with Gasteiger partial charge in [0.05, 0.1) is 11.7 Å². The number of carboxylic acids is 1. The molecule has 4 nitrogen and oxygen atoms in total. The molecular formula is C16H14N2O2. The van der Waals surface area contributed by atoms with Gasteiger partial charge in [-0.1, -0.05) is 48.5 Å². The van der Waals surface area contributed by atoms with Crippen LogP contribution in [0.4, 0.5) is 5.69 Å². The van der Waals surface area contributed by atoms with Crippen LogP contribution in [0.2, 0.25) is 0 Å². The van der Waals surface area contributed by atoms with Crippen molar-refractivity contribution in [3.63, 3.8) is 0 Å². The Morgan fingerprint density at radius 1 is 1.05 bits per heavy atom. The van der Waals surface area contributed by atoms with Crippen molar-refractivity contribution in [3.05, 3.63) is 66.2 Å². The Balaban J connectivity index is 2.00. The first-order valence-corrected chi connectivity index (χ1v) is 6.45. The molecule has 0 amide bonds. The number of rotatable bonds is 3. The molecule has 2 aromatic rings. The monoisotopic (exact) mass is 266 g/mol. The van der Waals surface area contributed by atoms with E-state index in [1.807, 2.05) is 60.7 Å². The van der Waals surface area contributed by atoms with Crippen LogP contribution in [-0.2, 0) is 4.79 Å². The summed E-state index contributed by atoms with van der Waals surface area (Å²) >= 11 is 0. The first kappa shape index (κ1) is 12.4. The van der Waals surface area contributed by atoms with Gasteiger partial charge in [0.1, 0.15) is 5.71 Å². The van der Waals surface area contributed by atoms with Gasteiger partial charge in [-0.25, -0.2) is 4.79 Å². The summed E-state index contributed by atoms with van der Waals surface area (Å²) in [4.78, 5) is 11.2. The van der Waals surface area contributed by atoms with Crippen molar-refractivity contribution < 1.29 is 9.90 Å². The van der Waals surface area contributed by atoms with Gasteiger partial charge in [0.2, 0.25) is 0 Å². The summed E-state index contributed by atoms with van der Waals surface area (Å²) in [6.07, 6.45) is 0.411. The topological polar surface area (TPSA) is 52.9 Å². The van der Waals surface area contributed by atoms with Gasteiger partial charge in [-0.2, -0.15) is 5.10 Å². The first-order valence-electron chi connectivity index (χ1n) is 6.45. The maximum Gasteiger partial charge on any atom is 0.352 e. The molecule has 1 aliphatic heterocycles. The summed E-state index contributed by atoms with van der Waals surface area (Å²) in [5.41, 5.74) is 2.16. The van der Waals surface area contributed by atoms with Crippen molar-refractivity contribution in [3.8, 4) is 0 Å². The fourth-order valence-electron chi connectivity index (χ4n) is 2.39. The molecule has 0 spiro atoms. The van der Waals surface area contributed by atoms with Crippen molar-refractivity contribution >= 4 is 17.4 Å². The van der Waals surface area contributed by atoms with Gasteiger partial charge in [0.25, 0.3) is 0 Å². The molecular weight excluding hydrogens is 252 g/mol. The average molecular weight is 266 g/mol. The Bertz CT molecular complexity index is 638. The molecule has 0 saturated carbocycles. The molecule has 1 heterocycles. The SMILES string of the molecule is O=C(O)C1=NN(c2ccccc2)C(c2ccccc2)C1. The maximum atomic E-state index is 11.2. The van der Waals surface area contributed by atoms with Gasteiger partial charge in [-0.05, 0) is 17.7 Å². The third-order valence-corrected chi connectivity index (χ3v) is 3.36. The van der Waals surface area contributed by atoms with Crippen LogP contribution in [0.3, 0.4) is 0 Å². The zero-order chi connectivity index (χ0) is 13.9. The number of hydrogen-bond acceptors (Lipinski definition) is 3. The maximum absolute atomic E-state index is 11.2. The van der Waals surface area contributed by atoms with Crippen LogP contribution in [0.1, 0.15) is 18.0 Å².